The number of hydrogen-bond donors (Lipinski definition) is 2. The molecule has 1 fully saturated rings. The second-order valence-electron chi connectivity index (χ2n) is 8.42. The van der Waals surface area contributed by atoms with E-state index >= 15 is 0 Å². The van der Waals surface area contributed by atoms with Crippen molar-refractivity contribution in [1.82, 2.24) is 9.62 Å². The molecule has 0 radical (unpaired) electrons. The fourth-order valence-corrected chi connectivity index (χ4v) is 6.04. The molecule has 0 aliphatic carbocycles. The minimum Gasteiger partial charge on any atom is -0.348 e. The zero-order valence-corrected chi connectivity index (χ0v) is 20.0. The highest BCUT2D eigenvalue weighted by Crippen LogP contribution is 2.28. The van der Waals surface area contributed by atoms with Crippen molar-refractivity contribution < 1.29 is 22.4 Å². The normalized spacial score (nSPS) is 16.9. The van der Waals surface area contributed by atoms with Gasteiger partial charge in [0.15, 0.2) is 0 Å². The van der Waals surface area contributed by atoms with Gasteiger partial charge in [0.2, 0.25) is 10.0 Å². The number of carbonyl (C=O) groups excluding carboxylic acids is 2. The molecule has 1 aliphatic heterocycles. The van der Waals surface area contributed by atoms with E-state index in [0.29, 0.717) is 30.6 Å². The summed E-state index contributed by atoms with van der Waals surface area (Å²) in [5.41, 5.74) is 2.83. The summed E-state index contributed by atoms with van der Waals surface area (Å²) in [6, 6.07) is 8.80. The molecule has 0 bridgehead atoms. The average Bonchev–Trinajstić information content (AvgIpc) is 2.76. The molecule has 0 saturated carbocycles. The molecule has 1 unspecified atom stereocenters. The number of rotatable bonds is 6. The van der Waals surface area contributed by atoms with Crippen molar-refractivity contribution in [2.75, 3.05) is 18.4 Å². The lowest BCUT2D eigenvalue weighted by Gasteiger charge is -2.35. The van der Waals surface area contributed by atoms with Crippen LogP contribution in [0.2, 0.25) is 0 Å². The Balaban J connectivity index is 1.61. The molecule has 1 aliphatic rings. The number of anilines is 1. The molecule has 0 spiro atoms. The third-order valence-electron chi connectivity index (χ3n) is 6.12. The van der Waals surface area contributed by atoms with Crippen LogP contribution in [0.15, 0.2) is 41.3 Å². The van der Waals surface area contributed by atoms with E-state index in [2.05, 4.69) is 10.6 Å². The van der Waals surface area contributed by atoms with E-state index in [-0.39, 0.29) is 17.5 Å². The predicted molar refractivity (Wildman–Crippen MR) is 125 cm³/mol. The first-order valence-electron chi connectivity index (χ1n) is 11.0. The Morgan fingerprint density at radius 1 is 1.06 bits per heavy atom. The van der Waals surface area contributed by atoms with E-state index in [1.807, 2.05) is 19.9 Å². The summed E-state index contributed by atoms with van der Waals surface area (Å²) < 4.78 is 41.4. The van der Waals surface area contributed by atoms with Gasteiger partial charge in [0.1, 0.15) is 5.82 Å². The Bertz CT molecular complexity index is 1150. The maximum absolute atomic E-state index is 13.5. The second-order valence-corrected chi connectivity index (χ2v) is 10.3. The smallest absolute Gasteiger partial charge is 0.313 e. The van der Waals surface area contributed by atoms with Crippen molar-refractivity contribution in [2.45, 2.75) is 57.4 Å². The number of benzene rings is 2. The van der Waals surface area contributed by atoms with Crippen LogP contribution in [0.3, 0.4) is 0 Å². The van der Waals surface area contributed by atoms with Crippen molar-refractivity contribution >= 4 is 27.5 Å². The van der Waals surface area contributed by atoms with Gasteiger partial charge >= 0.3 is 11.8 Å². The molecule has 2 aromatic carbocycles. The highest BCUT2D eigenvalue weighted by Gasteiger charge is 2.34. The number of aryl methyl sites for hydroxylation is 2. The summed E-state index contributed by atoms with van der Waals surface area (Å²) in [6.07, 6.45) is 2.65. The third-order valence-corrected chi connectivity index (χ3v) is 8.23. The Morgan fingerprint density at radius 3 is 2.55 bits per heavy atom. The average molecular weight is 476 g/mol. The molecule has 178 valence electrons. The number of carbonyl (C=O) groups is 2. The van der Waals surface area contributed by atoms with Crippen molar-refractivity contribution in [1.29, 1.82) is 0 Å². The molecule has 2 aromatic rings. The first kappa shape index (κ1) is 24.9. The van der Waals surface area contributed by atoms with Crippen molar-refractivity contribution in [2.24, 2.45) is 0 Å². The van der Waals surface area contributed by atoms with Crippen LogP contribution >= 0.6 is 0 Å². The topological polar surface area (TPSA) is 95.6 Å². The molecular weight excluding hydrogens is 445 g/mol. The van der Waals surface area contributed by atoms with Crippen LogP contribution in [0.1, 0.15) is 42.4 Å². The van der Waals surface area contributed by atoms with Crippen LogP contribution in [0, 0.1) is 26.6 Å². The molecule has 3 rings (SSSR count). The SMILES string of the molecule is Cc1cc(F)ccc1S(=O)(=O)N1CCCCC1CCNC(=O)C(=O)Nc1cccc(C)c1C. The van der Waals surface area contributed by atoms with Gasteiger partial charge in [-0.15, -0.1) is 0 Å². The van der Waals surface area contributed by atoms with Crippen LogP contribution in [0.25, 0.3) is 0 Å². The van der Waals surface area contributed by atoms with E-state index in [4.69, 9.17) is 0 Å². The maximum Gasteiger partial charge on any atom is 0.313 e. The minimum absolute atomic E-state index is 0.0905. The summed E-state index contributed by atoms with van der Waals surface area (Å²) in [5.74, 6) is -2.02. The number of halogens is 1. The van der Waals surface area contributed by atoms with Crippen molar-refractivity contribution in [3.8, 4) is 0 Å². The lowest BCUT2D eigenvalue weighted by atomic mass is 10.0. The summed E-state index contributed by atoms with van der Waals surface area (Å²) in [7, 11) is -3.80. The Kier molecular flexibility index (Phi) is 7.86. The molecule has 33 heavy (non-hydrogen) atoms. The Hall–Kier alpha value is -2.78. The van der Waals surface area contributed by atoms with Gasteiger partial charge in [0.25, 0.3) is 0 Å². The van der Waals surface area contributed by atoms with E-state index < -0.39 is 27.7 Å². The van der Waals surface area contributed by atoms with Crippen LogP contribution in [0.5, 0.6) is 0 Å². The van der Waals surface area contributed by atoms with Gasteiger partial charge in [-0.1, -0.05) is 18.6 Å². The summed E-state index contributed by atoms with van der Waals surface area (Å²) in [4.78, 5) is 24.6. The largest absolute Gasteiger partial charge is 0.348 e. The van der Waals surface area contributed by atoms with E-state index in [1.54, 1.807) is 19.1 Å². The van der Waals surface area contributed by atoms with Gasteiger partial charge in [0.05, 0.1) is 4.90 Å². The minimum atomic E-state index is -3.80. The van der Waals surface area contributed by atoms with Crippen LogP contribution in [0.4, 0.5) is 10.1 Å². The lowest BCUT2D eigenvalue weighted by molar-refractivity contribution is -0.136. The molecule has 2 N–H and O–H groups in total. The van der Waals surface area contributed by atoms with Gasteiger partial charge in [-0.3, -0.25) is 9.59 Å². The van der Waals surface area contributed by atoms with Crippen LogP contribution in [-0.2, 0) is 19.6 Å². The number of sulfonamides is 1. The van der Waals surface area contributed by atoms with Gasteiger partial charge in [-0.2, -0.15) is 4.31 Å². The predicted octanol–water partition coefficient (Wildman–Crippen LogP) is 3.44. The number of nitrogens with one attached hydrogen (secondary N) is 2. The van der Waals surface area contributed by atoms with Gasteiger partial charge in [0, 0.05) is 24.8 Å². The number of hydrogen-bond acceptors (Lipinski definition) is 4. The molecular formula is C24H30FN3O4S. The van der Waals surface area contributed by atoms with Gasteiger partial charge in [-0.25, -0.2) is 12.8 Å². The highest BCUT2D eigenvalue weighted by molar-refractivity contribution is 7.89. The molecule has 1 atom stereocenters. The second kappa shape index (κ2) is 10.4. The summed E-state index contributed by atoms with van der Waals surface area (Å²) >= 11 is 0. The molecule has 0 aromatic heterocycles. The van der Waals surface area contributed by atoms with Gasteiger partial charge in [-0.05, 0) is 81.0 Å². The zero-order chi connectivity index (χ0) is 24.2. The Morgan fingerprint density at radius 2 is 1.82 bits per heavy atom. The molecule has 7 nitrogen and oxygen atoms in total. The highest BCUT2D eigenvalue weighted by atomic mass is 32.2. The number of amides is 2. The first-order chi connectivity index (χ1) is 15.6. The zero-order valence-electron chi connectivity index (χ0n) is 19.2. The monoisotopic (exact) mass is 475 g/mol. The van der Waals surface area contributed by atoms with E-state index in [1.165, 1.54) is 16.4 Å². The molecule has 1 heterocycles. The molecule has 2 amide bonds. The lowest BCUT2D eigenvalue weighted by Crippen LogP contribution is -2.46. The van der Waals surface area contributed by atoms with E-state index in [0.717, 1.165) is 30.0 Å². The standard InChI is InChI=1S/C24H30FN3O4S/c1-16-7-6-9-21(18(16)3)27-24(30)23(29)26-13-12-20-8-4-5-14-28(20)33(31,32)22-11-10-19(25)15-17(22)2/h6-7,9-11,15,20H,4-5,8,12-14H2,1-3H3,(H,26,29)(H,27,30). The van der Waals surface area contributed by atoms with Gasteiger partial charge < -0.3 is 10.6 Å². The maximum atomic E-state index is 13.5. The summed E-state index contributed by atoms with van der Waals surface area (Å²) in [5, 5.41) is 5.21. The van der Waals surface area contributed by atoms with Crippen LogP contribution in [-0.4, -0.2) is 43.7 Å². The number of nitrogens with zero attached hydrogens (tertiary/aromatic N) is 1. The summed E-state index contributed by atoms with van der Waals surface area (Å²) in [6.45, 7) is 5.89. The third kappa shape index (κ3) is 5.78. The molecule has 1 saturated heterocycles. The van der Waals surface area contributed by atoms with Crippen LogP contribution < -0.4 is 10.6 Å². The number of piperidine rings is 1. The van der Waals surface area contributed by atoms with Crippen molar-refractivity contribution in [3.63, 3.8) is 0 Å². The Labute approximate surface area is 194 Å². The fourth-order valence-electron chi connectivity index (χ4n) is 4.11. The quantitative estimate of drug-likeness (QED) is 0.626. The van der Waals surface area contributed by atoms with Crippen molar-refractivity contribution in [3.05, 3.63) is 58.9 Å². The first-order valence-corrected chi connectivity index (χ1v) is 12.5. The molecule has 9 heteroatoms. The van der Waals surface area contributed by atoms with E-state index in [9.17, 15) is 22.4 Å². The fraction of sp³-hybridized carbons (Fsp3) is 0.417.